The lowest BCUT2D eigenvalue weighted by molar-refractivity contribution is 0.0696. The van der Waals surface area contributed by atoms with Crippen molar-refractivity contribution in [2.75, 3.05) is 5.32 Å². The lowest BCUT2D eigenvalue weighted by Crippen LogP contribution is -2.12. The Morgan fingerprint density at radius 1 is 0.952 bits per heavy atom. The topological polar surface area (TPSA) is 66.4 Å². The second-order valence-corrected chi connectivity index (χ2v) is 4.78. The van der Waals surface area contributed by atoms with Gasteiger partial charge in [-0.3, -0.25) is 4.79 Å². The number of nitrogens with one attached hydrogen (secondary N) is 1. The predicted octanol–water partition coefficient (Wildman–Crippen LogP) is 4.37. The predicted molar refractivity (Wildman–Crippen MR) is 85.1 cm³/mol. The van der Waals surface area contributed by atoms with E-state index in [0.29, 0.717) is 16.3 Å². The SMILES string of the molecule is Cl.O=C(O)c1cccc(NC(=O)c2ccc(Cl)c(Cl)c2)c1. The van der Waals surface area contributed by atoms with Crippen LogP contribution in [0.1, 0.15) is 20.7 Å². The summed E-state index contributed by atoms with van der Waals surface area (Å²) in [5.41, 5.74) is 0.818. The molecule has 4 nitrogen and oxygen atoms in total. The Balaban J connectivity index is 0.00000220. The molecule has 0 atom stereocenters. The molecule has 21 heavy (non-hydrogen) atoms. The summed E-state index contributed by atoms with van der Waals surface area (Å²) in [7, 11) is 0. The van der Waals surface area contributed by atoms with Crippen LogP contribution in [0.15, 0.2) is 42.5 Å². The Hall–Kier alpha value is -1.75. The van der Waals surface area contributed by atoms with Crippen LogP contribution in [0.3, 0.4) is 0 Å². The van der Waals surface area contributed by atoms with E-state index in [4.69, 9.17) is 28.3 Å². The highest BCUT2D eigenvalue weighted by Gasteiger charge is 2.10. The molecular weight excluding hydrogens is 337 g/mol. The second-order valence-electron chi connectivity index (χ2n) is 3.97. The largest absolute Gasteiger partial charge is 0.478 e. The van der Waals surface area contributed by atoms with Gasteiger partial charge in [0, 0.05) is 11.3 Å². The lowest BCUT2D eigenvalue weighted by atomic mass is 10.1. The highest BCUT2D eigenvalue weighted by Crippen LogP contribution is 2.23. The van der Waals surface area contributed by atoms with Gasteiger partial charge in [0.25, 0.3) is 5.91 Å². The number of carbonyl (C=O) groups is 2. The molecule has 2 aromatic carbocycles. The molecule has 0 bridgehead atoms. The molecule has 0 aliphatic heterocycles. The minimum Gasteiger partial charge on any atom is -0.478 e. The van der Waals surface area contributed by atoms with Crippen molar-refractivity contribution in [1.29, 1.82) is 0 Å². The third-order valence-corrected chi connectivity index (χ3v) is 3.29. The molecule has 0 aliphatic rings. The lowest BCUT2D eigenvalue weighted by Gasteiger charge is -2.07. The van der Waals surface area contributed by atoms with Gasteiger partial charge in [-0.05, 0) is 36.4 Å². The van der Waals surface area contributed by atoms with E-state index >= 15 is 0 Å². The number of rotatable bonds is 3. The fourth-order valence-electron chi connectivity index (χ4n) is 1.57. The van der Waals surface area contributed by atoms with Crippen LogP contribution < -0.4 is 5.32 Å². The number of carboxylic acid groups (broad SMARTS) is 1. The summed E-state index contributed by atoms with van der Waals surface area (Å²) in [6.45, 7) is 0. The maximum atomic E-state index is 12.0. The van der Waals surface area contributed by atoms with Crippen molar-refractivity contribution >= 4 is 53.2 Å². The van der Waals surface area contributed by atoms with Crippen LogP contribution in [0, 0.1) is 0 Å². The van der Waals surface area contributed by atoms with E-state index in [9.17, 15) is 9.59 Å². The van der Waals surface area contributed by atoms with Crippen molar-refractivity contribution in [2.24, 2.45) is 0 Å². The van der Waals surface area contributed by atoms with Gasteiger partial charge in [0.05, 0.1) is 15.6 Å². The summed E-state index contributed by atoms with van der Waals surface area (Å²) in [4.78, 5) is 22.8. The van der Waals surface area contributed by atoms with Crippen LogP contribution in [0.5, 0.6) is 0 Å². The molecule has 2 rings (SSSR count). The van der Waals surface area contributed by atoms with E-state index in [1.807, 2.05) is 0 Å². The van der Waals surface area contributed by atoms with Gasteiger partial charge in [-0.1, -0.05) is 29.3 Å². The summed E-state index contributed by atoms with van der Waals surface area (Å²) in [6, 6.07) is 10.5. The molecule has 0 unspecified atom stereocenters. The van der Waals surface area contributed by atoms with Gasteiger partial charge in [0.1, 0.15) is 0 Å². The average Bonchev–Trinajstić information content (AvgIpc) is 2.42. The average molecular weight is 347 g/mol. The van der Waals surface area contributed by atoms with E-state index < -0.39 is 11.9 Å². The van der Waals surface area contributed by atoms with Crippen LogP contribution >= 0.6 is 35.6 Å². The summed E-state index contributed by atoms with van der Waals surface area (Å²) in [5, 5.41) is 12.1. The van der Waals surface area contributed by atoms with Gasteiger partial charge >= 0.3 is 5.97 Å². The molecule has 0 radical (unpaired) electrons. The number of aromatic carboxylic acids is 1. The second kappa shape index (κ2) is 7.31. The Labute approximate surface area is 137 Å². The number of benzene rings is 2. The van der Waals surface area contributed by atoms with Crippen molar-refractivity contribution in [3.8, 4) is 0 Å². The molecule has 0 saturated carbocycles. The third-order valence-electron chi connectivity index (χ3n) is 2.55. The molecule has 0 heterocycles. The fraction of sp³-hybridized carbons (Fsp3) is 0. The zero-order valence-electron chi connectivity index (χ0n) is 10.5. The molecule has 7 heteroatoms. The molecule has 0 fully saturated rings. The van der Waals surface area contributed by atoms with Crippen molar-refractivity contribution in [3.05, 3.63) is 63.6 Å². The number of halogens is 3. The zero-order chi connectivity index (χ0) is 14.7. The summed E-state index contributed by atoms with van der Waals surface area (Å²) < 4.78 is 0. The number of hydrogen-bond donors (Lipinski definition) is 2. The standard InChI is InChI=1S/C14H9Cl2NO3.ClH/c15-11-5-4-8(7-12(11)16)13(18)17-10-3-1-2-9(6-10)14(19)20;/h1-7H,(H,17,18)(H,19,20);1H. The highest BCUT2D eigenvalue weighted by atomic mass is 35.5. The molecule has 0 spiro atoms. The van der Waals surface area contributed by atoms with Gasteiger partial charge in [-0.15, -0.1) is 12.4 Å². The van der Waals surface area contributed by atoms with Crippen LogP contribution in [0.4, 0.5) is 5.69 Å². The third kappa shape index (κ3) is 4.36. The first kappa shape index (κ1) is 17.3. The smallest absolute Gasteiger partial charge is 0.335 e. The first-order chi connectivity index (χ1) is 9.47. The normalized spacial score (nSPS) is 9.62. The summed E-state index contributed by atoms with van der Waals surface area (Å²) in [5.74, 6) is -1.46. The quantitative estimate of drug-likeness (QED) is 0.867. The molecule has 0 aromatic heterocycles. The summed E-state index contributed by atoms with van der Waals surface area (Å²) >= 11 is 11.6. The maximum absolute atomic E-state index is 12.0. The zero-order valence-corrected chi connectivity index (χ0v) is 12.8. The van der Waals surface area contributed by atoms with E-state index in [1.54, 1.807) is 12.1 Å². The molecule has 2 N–H and O–H groups in total. The van der Waals surface area contributed by atoms with Crippen LogP contribution in [0.25, 0.3) is 0 Å². The number of anilines is 1. The van der Waals surface area contributed by atoms with Crippen molar-refractivity contribution < 1.29 is 14.7 Å². The van der Waals surface area contributed by atoms with Crippen LogP contribution in [0.2, 0.25) is 10.0 Å². The Morgan fingerprint density at radius 2 is 1.67 bits per heavy atom. The van der Waals surface area contributed by atoms with Gasteiger partial charge < -0.3 is 10.4 Å². The van der Waals surface area contributed by atoms with Gasteiger partial charge in [0.2, 0.25) is 0 Å². The highest BCUT2D eigenvalue weighted by molar-refractivity contribution is 6.42. The first-order valence-electron chi connectivity index (χ1n) is 5.57. The number of carbonyl (C=O) groups excluding carboxylic acids is 1. The molecule has 2 aromatic rings. The molecule has 1 amide bonds. The van der Waals surface area contributed by atoms with Gasteiger partial charge in [0.15, 0.2) is 0 Å². The fourth-order valence-corrected chi connectivity index (χ4v) is 1.87. The minimum absolute atomic E-state index is 0. The Kier molecular flexibility index (Phi) is 6.03. The minimum atomic E-state index is -1.06. The molecule has 0 aliphatic carbocycles. The van der Waals surface area contributed by atoms with Gasteiger partial charge in [-0.2, -0.15) is 0 Å². The van der Waals surface area contributed by atoms with Crippen molar-refractivity contribution in [2.45, 2.75) is 0 Å². The van der Waals surface area contributed by atoms with Crippen molar-refractivity contribution in [1.82, 2.24) is 0 Å². The molecule has 0 saturated heterocycles. The van der Waals surface area contributed by atoms with E-state index in [2.05, 4.69) is 5.32 Å². The summed E-state index contributed by atoms with van der Waals surface area (Å²) in [6.07, 6.45) is 0. The van der Waals surface area contributed by atoms with Crippen LogP contribution in [-0.4, -0.2) is 17.0 Å². The monoisotopic (exact) mass is 345 g/mol. The molecule has 110 valence electrons. The number of amides is 1. The van der Waals surface area contributed by atoms with E-state index in [1.165, 1.54) is 30.3 Å². The molecular formula is C14H10Cl3NO3. The number of hydrogen-bond acceptors (Lipinski definition) is 2. The van der Waals surface area contributed by atoms with Gasteiger partial charge in [-0.25, -0.2) is 4.79 Å². The Bertz CT molecular complexity index is 689. The Morgan fingerprint density at radius 3 is 2.29 bits per heavy atom. The first-order valence-corrected chi connectivity index (χ1v) is 6.33. The maximum Gasteiger partial charge on any atom is 0.335 e. The van der Waals surface area contributed by atoms with E-state index in [-0.39, 0.29) is 23.0 Å². The van der Waals surface area contributed by atoms with E-state index in [0.717, 1.165) is 0 Å². The number of carboxylic acids is 1. The van der Waals surface area contributed by atoms with Crippen molar-refractivity contribution in [3.63, 3.8) is 0 Å². The van der Waals surface area contributed by atoms with Crippen LogP contribution in [-0.2, 0) is 0 Å².